The molecule has 0 amide bonds. The van der Waals surface area contributed by atoms with Crippen LogP contribution in [0.5, 0.6) is 46.0 Å². The Morgan fingerprint density at radius 1 is 0.453 bits per heavy atom. The Balaban J connectivity index is 0.0000000792. The number of Topliss-reactive ketones (excluding diaryl/α,β-unsaturated/α-hetero) is 2. The zero-order chi connectivity index (χ0) is 58.0. The summed E-state index contributed by atoms with van der Waals surface area (Å²) in [6.07, 6.45) is 18.0. The fourth-order valence-corrected chi connectivity index (χ4v) is 25.6. The molecule has 8 spiro atoms. The van der Waals surface area contributed by atoms with E-state index in [0.29, 0.717) is 83.5 Å². The lowest BCUT2D eigenvalue weighted by Crippen LogP contribution is -2.54. The predicted octanol–water partition coefficient (Wildman–Crippen LogP) is 5.27. The number of nitrogens with zero attached hydrogens (tertiary/aromatic N) is 4. The predicted molar refractivity (Wildman–Crippen MR) is 310 cm³/mol. The number of phenolic OH excluding ortho intramolecular Hbond substituents is 2. The topological polar surface area (TPSA) is 182 Å². The smallest absolute Gasteiger partial charge is 0.174 e. The van der Waals surface area contributed by atoms with E-state index in [1.807, 2.05) is 30.4 Å². The number of aliphatic hydroxyl groups is 2. The number of benzene rings is 4. The minimum absolute atomic E-state index is 0.0528. The van der Waals surface area contributed by atoms with Gasteiger partial charge in [-0.05, 0) is 151 Å². The highest BCUT2D eigenvalue weighted by Crippen LogP contribution is 2.79. The first-order valence-corrected chi connectivity index (χ1v) is 31.9. The van der Waals surface area contributed by atoms with Crippen molar-refractivity contribution in [1.82, 2.24) is 19.6 Å². The molecule has 20 aliphatic rings. The quantitative estimate of drug-likeness (QED) is 0.150. The first kappa shape index (κ1) is 49.8. The van der Waals surface area contributed by atoms with Crippen molar-refractivity contribution >= 4 is 11.6 Å². The Kier molecular flexibility index (Phi) is 8.56. The molecule has 16 heteroatoms. The first-order chi connectivity index (χ1) is 41.5. The van der Waals surface area contributed by atoms with Crippen LogP contribution in [0.25, 0.3) is 0 Å². The number of carbonyl (C=O) groups is 2. The van der Waals surface area contributed by atoms with E-state index in [2.05, 4.69) is 78.1 Å². The number of methoxy groups -OCH3 is 2. The Labute approximate surface area is 498 Å². The van der Waals surface area contributed by atoms with Gasteiger partial charge in [0.1, 0.15) is 24.4 Å². The van der Waals surface area contributed by atoms with E-state index >= 15 is 0 Å². The molecule has 4 N–H and O–H groups in total. The molecule has 444 valence electrons. The largest absolute Gasteiger partial charge is 0.504 e. The van der Waals surface area contributed by atoms with E-state index in [-0.39, 0.29) is 80.0 Å². The summed E-state index contributed by atoms with van der Waals surface area (Å²) in [6.45, 7) is 0. The maximum absolute atomic E-state index is 12.6. The zero-order valence-electron chi connectivity index (χ0n) is 49.3. The van der Waals surface area contributed by atoms with Crippen molar-refractivity contribution in [2.24, 2.45) is 23.7 Å². The molecule has 8 aliphatic heterocycles. The third kappa shape index (κ3) is 4.92. The van der Waals surface area contributed by atoms with E-state index in [0.717, 1.165) is 87.2 Å². The number of ketones is 2. The Bertz CT molecular complexity index is 4000. The van der Waals surface area contributed by atoms with Gasteiger partial charge in [-0.1, -0.05) is 48.6 Å². The minimum Gasteiger partial charge on any atom is -0.504 e. The van der Waals surface area contributed by atoms with Crippen molar-refractivity contribution in [3.8, 4) is 46.0 Å². The standard InChI is InChI=1S/2C18H19NO3.2C17H17NO3/c2*1-19-15-10-4-5-11(20)16-18(10)8-17(15,19)7-9-3-6-12(21-2)14(22-16)13(9)18;2*1-18-14-9-3-5-11(20)15-17(9)7-16(14,18)6-8-2-4-10(19)13(21-15)12(8)17/h3,6,10,15-16H,4-5,7-8H2,1-2H3;3-6,10-11,15-16,20H,7-8H2,1-2H3;2,4,9,14-15,19H,3,5-7H2,1H3;2-5,9,11,14-15,19-20H,6-7H2,1H3/t10?,15-,16-,17+,18-,19?;10-,11-,15-,16-,17+,18-,19?;9-,14-,15-,16+,17-,18?;9-,11-,14-,15-,16+,17-,18?/m0000/s1. The third-order valence-corrected chi connectivity index (χ3v) is 28.5. The molecule has 86 heavy (non-hydrogen) atoms. The number of carbonyl (C=O) groups excluding carboxylic acids is 2. The maximum atomic E-state index is 12.6. The van der Waals surface area contributed by atoms with Gasteiger partial charge in [-0.15, -0.1) is 0 Å². The number of aliphatic hydroxyl groups excluding tert-OH is 2. The Morgan fingerprint density at radius 3 is 1.27 bits per heavy atom. The molecule has 8 heterocycles. The van der Waals surface area contributed by atoms with Crippen LogP contribution < -0.4 is 28.4 Å². The van der Waals surface area contributed by atoms with Gasteiger partial charge in [-0.3, -0.25) is 29.2 Å². The van der Waals surface area contributed by atoms with Crippen LogP contribution in [0, 0.1) is 23.7 Å². The van der Waals surface area contributed by atoms with Crippen molar-refractivity contribution in [3.63, 3.8) is 0 Å². The number of hydrogen-bond acceptors (Lipinski definition) is 16. The molecule has 16 nitrogen and oxygen atoms in total. The zero-order valence-corrected chi connectivity index (χ0v) is 49.3. The van der Waals surface area contributed by atoms with E-state index in [4.69, 9.17) is 28.4 Å². The lowest BCUT2D eigenvalue weighted by molar-refractivity contribution is -0.133. The highest BCUT2D eigenvalue weighted by atomic mass is 16.5. The van der Waals surface area contributed by atoms with E-state index in [1.165, 1.54) is 44.5 Å². The molecule has 4 aromatic carbocycles. The van der Waals surface area contributed by atoms with Crippen LogP contribution in [0.15, 0.2) is 72.8 Å². The number of likely N-dealkylation sites (tertiary alicyclic amines) is 4. The van der Waals surface area contributed by atoms with Crippen LogP contribution in [0.3, 0.4) is 0 Å². The lowest BCUT2D eigenvalue weighted by atomic mass is 9.59. The molecule has 26 atom stereocenters. The molecule has 12 aliphatic carbocycles. The first-order valence-electron chi connectivity index (χ1n) is 31.9. The van der Waals surface area contributed by atoms with Gasteiger partial charge in [-0.25, -0.2) is 0 Å². The van der Waals surface area contributed by atoms with Crippen LogP contribution >= 0.6 is 0 Å². The molecule has 0 aromatic heterocycles. The van der Waals surface area contributed by atoms with E-state index in [9.17, 15) is 30.0 Å². The number of phenols is 2. The fourth-order valence-electron chi connectivity index (χ4n) is 25.6. The van der Waals surface area contributed by atoms with E-state index < -0.39 is 12.2 Å². The van der Waals surface area contributed by atoms with Gasteiger partial charge >= 0.3 is 0 Å². The summed E-state index contributed by atoms with van der Waals surface area (Å²) in [6, 6.07) is 18.4. The maximum Gasteiger partial charge on any atom is 0.174 e. The average Bonchev–Trinajstić information content (AvgIpc) is 1.49. The van der Waals surface area contributed by atoms with Crippen LogP contribution in [-0.2, 0) is 56.9 Å². The Morgan fingerprint density at radius 2 is 0.802 bits per heavy atom. The van der Waals surface area contributed by atoms with Crippen LogP contribution in [0.4, 0.5) is 0 Å². The second-order valence-electron chi connectivity index (χ2n) is 30.5. The number of aromatic hydroxyl groups is 2. The molecule has 10 fully saturated rings. The van der Waals surface area contributed by atoms with Gasteiger partial charge in [0.15, 0.2) is 69.8 Å². The molecule has 0 radical (unpaired) electrons. The van der Waals surface area contributed by atoms with Gasteiger partial charge in [0.05, 0.1) is 14.2 Å². The van der Waals surface area contributed by atoms with Gasteiger partial charge in [0.2, 0.25) is 0 Å². The summed E-state index contributed by atoms with van der Waals surface area (Å²) in [5.74, 6) is 7.43. The van der Waals surface area contributed by atoms with Crippen molar-refractivity contribution in [2.75, 3.05) is 42.4 Å². The lowest BCUT2D eigenvalue weighted by Gasteiger charge is -2.45. The fraction of sp³-hybridized carbons (Fsp3) is 0.571. The van der Waals surface area contributed by atoms with Crippen molar-refractivity contribution in [2.45, 2.75) is 182 Å². The average molecular weight is 1160 g/mol. The van der Waals surface area contributed by atoms with Gasteiger partial charge in [0.25, 0.3) is 0 Å². The van der Waals surface area contributed by atoms with Gasteiger partial charge in [0, 0.05) is 115 Å². The number of hydrogen-bond donors (Lipinski definition) is 4. The summed E-state index contributed by atoms with van der Waals surface area (Å²) in [5, 5.41) is 41.4. The van der Waals surface area contributed by atoms with Crippen molar-refractivity contribution in [3.05, 3.63) is 117 Å². The minimum atomic E-state index is -0.584. The second kappa shape index (κ2) is 14.8. The number of piperidine rings is 4. The Hall–Kier alpha value is -6.14. The van der Waals surface area contributed by atoms with Crippen molar-refractivity contribution < 1.29 is 58.4 Å². The number of ether oxygens (including phenoxy) is 6. The SMILES string of the molecule is CN1[C@H]2[C@@H]3C=C[C@H](O)[C@@H]4Oc5c(O)ccc6c5[C@]34C[C@]21C6.CN1[C@H]2[C@@H]3CCC(=O)[C@@H]4Oc5c(O)ccc6c5[C@@]43C[C@]21C6.COc1ccc2c3c1O[C@H]1C(=O)CCC4[C@@H]5N(C)[C@]5(C2)C[C@@]341.COc1ccc2c3c1O[C@H]1[C@@H](O)C=C[C@H]4[C@@H]5N(C)[C@]5(C2)C[C@@]341. The second-order valence-corrected chi connectivity index (χ2v) is 30.5. The number of fused-ring (bicyclic) bond motifs is 4. The molecule has 5 unspecified atom stereocenters. The van der Waals surface area contributed by atoms with Gasteiger partial charge in [-0.2, -0.15) is 0 Å². The molecule has 24 rings (SSSR count). The summed E-state index contributed by atoms with van der Waals surface area (Å²) >= 11 is 0. The van der Waals surface area contributed by atoms with Gasteiger partial charge < -0.3 is 48.8 Å². The van der Waals surface area contributed by atoms with Crippen molar-refractivity contribution in [1.29, 1.82) is 0 Å². The van der Waals surface area contributed by atoms with Crippen LogP contribution in [-0.4, -0.2) is 177 Å². The number of likely N-dealkylation sites (N-methyl/N-ethyl adjacent to an activating group) is 4. The van der Waals surface area contributed by atoms with Crippen LogP contribution in [0.1, 0.15) is 95.9 Å². The van der Waals surface area contributed by atoms with E-state index in [1.54, 1.807) is 26.4 Å². The third-order valence-electron chi connectivity index (χ3n) is 28.5. The molecule has 6 saturated carbocycles. The summed E-state index contributed by atoms with van der Waals surface area (Å²) in [7, 11) is 12.3. The molecular formula is C70H72N4O12. The molecule has 8 bridgehead atoms. The molecular weight excluding hydrogens is 1090 g/mol. The summed E-state index contributed by atoms with van der Waals surface area (Å²) in [5.41, 5.74) is 11.1. The summed E-state index contributed by atoms with van der Waals surface area (Å²) < 4.78 is 35.8. The highest BCUT2D eigenvalue weighted by molar-refractivity contribution is 5.91. The van der Waals surface area contributed by atoms with Crippen LogP contribution in [0.2, 0.25) is 0 Å². The number of rotatable bonds is 2. The normalized spacial score (nSPS) is 50.8. The highest BCUT2D eigenvalue weighted by Gasteiger charge is 2.85. The molecule has 4 saturated heterocycles. The summed E-state index contributed by atoms with van der Waals surface area (Å²) in [4.78, 5) is 35.2. The molecule has 4 aromatic rings. The monoisotopic (exact) mass is 1160 g/mol.